The summed E-state index contributed by atoms with van der Waals surface area (Å²) in [7, 11) is 1.70. The SMILES string of the molecule is Cn1c(C(=O)Nc2ccc3nc(C4CCC4)[nH]c3c2)cc(Cl)c1Cl. The second-order valence-electron chi connectivity index (χ2n) is 6.16. The molecule has 2 heterocycles. The third-order valence-electron chi connectivity index (χ3n) is 4.60. The van der Waals surface area contributed by atoms with E-state index in [-0.39, 0.29) is 5.91 Å². The van der Waals surface area contributed by atoms with Crippen LogP contribution in [-0.4, -0.2) is 20.4 Å². The fourth-order valence-corrected chi connectivity index (χ4v) is 3.31. The van der Waals surface area contributed by atoms with Crippen molar-refractivity contribution >= 4 is 45.8 Å². The monoisotopic (exact) mass is 362 g/mol. The molecule has 1 saturated carbocycles. The Morgan fingerprint density at radius 1 is 1.33 bits per heavy atom. The average molecular weight is 363 g/mol. The Labute approximate surface area is 149 Å². The number of imidazole rings is 1. The highest BCUT2D eigenvalue weighted by Gasteiger charge is 2.22. The highest BCUT2D eigenvalue weighted by molar-refractivity contribution is 6.42. The van der Waals surface area contributed by atoms with Crippen LogP contribution in [0.5, 0.6) is 0 Å². The first-order valence-corrected chi connectivity index (χ1v) is 8.60. The summed E-state index contributed by atoms with van der Waals surface area (Å²) in [5.74, 6) is 1.33. The van der Waals surface area contributed by atoms with E-state index in [0.717, 1.165) is 16.9 Å². The van der Waals surface area contributed by atoms with Crippen LogP contribution in [0.15, 0.2) is 24.3 Å². The van der Waals surface area contributed by atoms with Crippen LogP contribution in [0.25, 0.3) is 11.0 Å². The van der Waals surface area contributed by atoms with E-state index in [1.54, 1.807) is 17.7 Å². The van der Waals surface area contributed by atoms with Gasteiger partial charge < -0.3 is 14.9 Å². The summed E-state index contributed by atoms with van der Waals surface area (Å²) in [6, 6.07) is 7.21. The smallest absolute Gasteiger partial charge is 0.272 e. The van der Waals surface area contributed by atoms with Crippen LogP contribution >= 0.6 is 23.2 Å². The zero-order valence-electron chi connectivity index (χ0n) is 13.1. The van der Waals surface area contributed by atoms with E-state index < -0.39 is 0 Å². The minimum atomic E-state index is -0.260. The minimum absolute atomic E-state index is 0.260. The van der Waals surface area contributed by atoms with Crippen molar-refractivity contribution < 1.29 is 4.79 Å². The van der Waals surface area contributed by atoms with Crippen LogP contribution in [0, 0.1) is 0 Å². The number of aromatic nitrogens is 3. The molecule has 0 spiro atoms. The number of aromatic amines is 1. The molecule has 2 N–H and O–H groups in total. The van der Waals surface area contributed by atoms with Gasteiger partial charge in [-0.1, -0.05) is 29.6 Å². The number of rotatable bonds is 3. The summed E-state index contributed by atoms with van der Waals surface area (Å²) in [4.78, 5) is 20.4. The molecule has 0 aliphatic heterocycles. The summed E-state index contributed by atoms with van der Waals surface area (Å²) in [5.41, 5.74) is 2.95. The Bertz CT molecular complexity index is 940. The Morgan fingerprint density at radius 2 is 2.12 bits per heavy atom. The second-order valence-corrected chi connectivity index (χ2v) is 6.93. The van der Waals surface area contributed by atoms with Gasteiger partial charge in [0.1, 0.15) is 16.7 Å². The van der Waals surface area contributed by atoms with E-state index in [4.69, 9.17) is 23.2 Å². The Morgan fingerprint density at radius 3 is 2.75 bits per heavy atom. The Kier molecular flexibility index (Phi) is 3.77. The van der Waals surface area contributed by atoms with Gasteiger partial charge in [0.25, 0.3) is 5.91 Å². The van der Waals surface area contributed by atoms with Crippen molar-refractivity contribution in [2.45, 2.75) is 25.2 Å². The van der Waals surface area contributed by atoms with Crippen molar-refractivity contribution in [1.82, 2.24) is 14.5 Å². The molecule has 7 heteroatoms. The number of benzene rings is 1. The predicted molar refractivity (Wildman–Crippen MR) is 96.1 cm³/mol. The molecule has 24 heavy (non-hydrogen) atoms. The van der Waals surface area contributed by atoms with Gasteiger partial charge in [-0.2, -0.15) is 0 Å². The first-order valence-electron chi connectivity index (χ1n) is 7.84. The average Bonchev–Trinajstić information content (AvgIpc) is 3.01. The molecule has 1 fully saturated rings. The zero-order chi connectivity index (χ0) is 16.8. The van der Waals surface area contributed by atoms with Crippen LogP contribution in [0.4, 0.5) is 5.69 Å². The molecule has 124 valence electrons. The van der Waals surface area contributed by atoms with E-state index in [1.165, 1.54) is 19.3 Å². The van der Waals surface area contributed by atoms with Crippen molar-refractivity contribution in [3.05, 3.63) is 46.0 Å². The van der Waals surface area contributed by atoms with Gasteiger partial charge in [0, 0.05) is 18.7 Å². The third kappa shape index (κ3) is 2.58. The van der Waals surface area contributed by atoms with Gasteiger partial charge in [-0.25, -0.2) is 4.98 Å². The quantitative estimate of drug-likeness (QED) is 0.707. The summed E-state index contributed by atoms with van der Waals surface area (Å²) in [6.07, 6.45) is 3.65. The number of amides is 1. The molecular weight excluding hydrogens is 347 g/mol. The molecule has 2 aromatic heterocycles. The zero-order valence-corrected chi connectivity index (χ0v) is 14.6. The van der Waals surface area contributed by atoms with E-state index in [1.807, 2.05) is 18.2 Å². The van der Waals surface area contributed by atoms with Crippen LogP contribution < -0.4 is 5.32 Å². The summed E-state index contributed by atoms with van der Waals surface area (Å²) < 4.78 is 1.56. The summed E-state index contributed by atoms with van der Waals surface area (Å²) in [6.45, 7) is 0. The van der Waals surface area contributed by atoms with Crippen molar-refractivity contribution in [1.29, 1.82) is 0 Å². The number of carbonyl (C=O) groups excluding carboxylic acids is 1. The number of halogens is 2. The Hall–Kier alpha value is -1.98. The number of fused-ring (bicyclic) bond motifs is 1. The maximum Gasteiger partial charge on any atom is 0.272 e. The maximum absolute atomic E-state index is 12.4. The summed E-state index contributed by atoms with van der Waals surface area (Å²) >= 11 is 12.0. The molecule has 1 aromatic carbocycles. The topological polar surface area (TPSA) is 62.7 Å². The molecule has 1 amide bonds. The van der Waals surface area contributed by atoms with Gasteiger partial charge in [-0.15, -0.1) is 0 Å². The largest absolute Gasteiger partial charge is 0.342 e. The first-order chi connectivity index (χ1) is 11.5. The molecule has 0 bridgehead atoms. The van der Waals surface area contributed by atoms with Gasteiger partial charge >= 0.3 is 0 Å². The number of carbonyl (C=O) groups is 1. The predicted octanol–water partition coefficient (Wildman–Crippen LogP) is 4.73. The highest BCUT2D eigenvalue weighted by Crippen LogP contribution is 2.35. The highest BCUT2D eigenvalue weighted by atomic mass is 35.5. The number of hydrogen-bond donors (Lipinski definition) is 2. The molecule has 5 nitrogen and oxygen atoms in total. The molecule has 0 atom stereocenters. The lowest BCUT2D eigenvalue weighted by atomic mass is 9.85. The van der Waals surface area contributed by atoms with E-state index in [2.05, 4.69) is 15.3 Å². The molecule has 4 rings (SSSR count). The third-order valence-corrected chi connectivity index (χ3v) is 5.44. The molecule has 0 unspecified atom stereocenters. The lowest BCUT2D eigenvalue weighted by Crippen LogP contribution is -2.15. The van der Waals surface area contributed by atoms with Crippen LogP contribution in [-0.2, 0) is 7.05 Å². The Balaban J connectivity index is 1.59. The fraction of sp³-hybridized carbons (Fsp3) is 0.294. The first kappa shape index (κ1) is 15.5. The van der Waals surface area contributed by atoms with Gasteiger partial charge in [0.2, 0.25) is 0 Å². The standard InChI is InChI=1S/C17H16Cl2N4O/c1-23-14(8-11(18)15(23)19)17(24)20-10-5-6-12-13(7-10)22-16(21-12)9-3-2-4-9/h5-9H,2-4H2,1H3,(H,20,24)(H,21,22). The number of hydrogen-bond acceptors (Lipinski definition) is 2. The lowest BCUT2D eigenvalue weighted by molar-refractivity contribution is 0.101. The number of nitrogens with one attached hydrogen (secondary N) is 2. The van der Waals surface area contributed by atoms with Crippen LogP contribution in [0.2, 0.25) is 10.2 Å². The van der Waals surface area contributed by atoms with Gasteiger partial charge in [0.05, 0.1) is 16.1 Å². The van der Waals surface area contributed by atoms with Gasteiger partial charge in [0.15, 0.2) is 0 Å². The molecular formula is C17H16Cl2N4O. The maximum atomic E-state index is 12.4. The number of nitrogens with zero attached hydrogens (tertiary/aromatic N) is 2. The minimum Gasteiger partial charge on any atom is -0.342 e. The van der Waals surface area contributed by atoms with Crippen molar-refractivity contribution in [2.75, 3.05) is 5.32 Å². The van der Waals surface area contributed by atoms with Crippen molar-refractivity contribution in [3.63, 3.8) is 0 Å². The van der Waals surface area contributed by atoms with Crippen LogP contribution in [0.1, 0.15) is 41.5 Å². The number of anilines is 1. The molecule has 1 aliphatic carbocycles. The van der Waals surface area contributed by atoms with E-state index >= 15 is 0 Å². The van der Waals surface area contributed by atoms with E-state index in [0.29, 0.717) is 27.5 Å². The molecule has 1 aliphatic rings. The second kappa shape index (κ2) is 5.83. The molecule has 0 saturated heterocycles. The normalized spacial score (nSPS) is 14.8. The number of H-pyrrole nitrogens is 1. The summed E-state index contributed by atoms with van der Waals surface area (Å²) in [5, 5.41) is 3.58. The fourth-order valence-electron chi connectivity index (χ4n) is 2.94. The van der Waals surface area contributed by atoms with Gasteiger partial charge in [-0.05, 0) is 37.1 Å². The molecule has 3 aromatic rings. The van der Waals surface area contributed by atoms with Crippen molar-refractivity contribution in [2.24, 2.45) is 7.05 Å². The van der Waals surface area contributed by atoms with Gasteiger partial charge in [-0.3, -0.25) is 4.79 Å². The molecule has 0 radical (unpaired) electrons. The van der Waals surface area contributed by atoms with Crippen LogP contribution in [0.3, 0.4) is 0 Å². The van der Waals surface area contributed by atoms with Crippen molar-refractivity contribution in [3.8, 4) is 0 Å². The van der Waals surface area contributed by atoms with E-state index in [9.17, 15) is 4.79 Å². The lowest BCUT2D eigenvalue weighted by Gasteiger charge is -2.22.